The highest BCUT2D eigenvalue weighted by Crippen LogP contribution is 2.27. The number of hydrogen-bond acceptors (Lipinski definition) is 4. The van der Waals surface area contributed by atoms with Crippen molar-refractivity contribution in [2.45, 2.75) is 31.7 Å². The van der Waals surface area contributed by atoms with Gasteiger partial charge < -0.3 is 19.9 Å². The van der Waals surface area contributed by atoms with E-state index in [1.807, 2.05) is 16.7 Å². The summed E-state index contributed by atoms with van der Waals surface area (Å²) in [7, 11) is 3.41. The molecular formula is C16H29N3O3S. The molecule has 0 aromatic heterocycles. The smallest absolute Gasteiger partial charge is 0.317 e. The SMILES string of the molecule is COCCN(C)C(=O)NC1CCC(C(=O)N2CCSCC2)CC1. The van der Waals surface area contributed by atoms with Gasteiger partial charge in [-0.15, -0.1) is 0 Å². The number of nitrogens with zero attached hydrogens (tertiary/aromatic N) is 2. The van der Waals surface area contributed by atoms with Crippen LogP contribution >= 0.6 is 11.8 Å². The van der Waals surface area contributed by atoms with Crippen molar-refractivity contribution in [1.82, 2.24) is 15.1 Å². The molecule has 1 saturated carbocycles. The number of amides is 3. The van der Waals surface area contributed by atoms with Crippen molar-refractivity contribution in [3.05, 3.63) is 0 Å². The van der Waals surface area contributed by atoms with Crippen molar-refractivity contribution in [2.24, 2.45) is 5.92 Å². The molecule has 0 aromatic carbocycles. The van der Waals surface area contributed by atoms with E-state index in [1.165, 1.54) is 0 Å². The van der Waals surface area contributed by atoms with Crippen molar-refractivity contribution < 1.29 is 14.3 Å². The van der Waals surface area contributed by atoms with Crippen LogP contribution in [0.3, 0.4) is 0 Å². The first-order valence-electron chi connectivity index (χ1n) is 8.49. The second-order valence-electron chi connectivity index (χ2n) is 6.35. The molecule has 0 spiro atoms. The van der Waals surface area contributed by atoms with Gasteiger partial charge in [0.25, 0.3) is 0 Å². The molecule has 1 saturated heterocycles. The Morgan fingerprint density at radius 2 is 1.87 bits per heavy atom. The van der Waals surface area contributed by atoms with Crippen molar-refractivity contribution in [1.29, 1.82) is 0 Å². The number of nitrogens with one attached hydrogen (secondary N) is 1. The summed E-state index contributed by atoms with van der Waals surface area (Å²) in [6.45, 7) is 2.91. The average molecular weight is 343 g/mol. The zero-order chi connectivity index (χ0) is 16.7. The fourth-order valence-electron chi connectivity index (χ4n) is 3.14. The number of rotatable bonds is 5. The Morgan fingerprint density at radius 3 is 2.48 bits per heavy atom. The molecule has 3 amide bonds. The van der Waals surface area contributed by atoms with E-state index in [0.29, 0.717) is 19.1 Å². The molecule has 1 N–H and O–H groups in total. The van der Waals surface area contributed by atoms with Crippen LogP contribution in [-0.4, -0.2) is 79.7 Å². The van der Waals surface area contributed by atoms with E-state index in [9.17, 15) is 9.59 Å². The summed E-state index contributed by atoms with van der Waals surface area (Å²) in [6.07, 6.45) is 3.55. The maximum Gasteiger partial charge on any atom is 0.317 e. The average Bonchev–Trinajstić information content (AvgIpc) is 2.60. The van der Waals surface area contributed by atoms with Gasteiger partial charge in [0, 0.05) is 57.3 Å². The highest BCUT2D eigenvalue weighted by Gasteiger charge is 2.30. The topological polar surface area (TPSA) is 61.9 Å². The standard InChI is InChI=1S/C16H29N3O3S/c1-18(7-10-22-2)16(21)17-14-5-3-13(4-6-14)15(20)19-8-11-23-12-9-19/h13-14H,3-12H2,1-2H3,(H,17,21). The van der Waals surface area contributed by atoms with Crippen LogP contribution < -0.4 is 5.32 Å². The monoisotopic (exact) mass is 343 g/mol. The molecule has 0 radical (unpaired) electrons. The van der Waals surface area contributed by atoms with Crippen LogP contribution in [-0.2, 0) is 9.53 Å². The van der Waals surface area contributed by atoms with Crippen molar-refractivity contribution >= 4 is 23.7 Å². The lowest BCUT2D eigenvalue weighted by molar-refractivity contribution is -0.136. The van der Waals surface area contributed by atoms with Crippen LogP contribution in [0.5, 0.6) is 0 Å². The first kappa shape index (κ1) is 18.4. The molecule has 132 valence electrons. The fourth-order valence-corrected chi connectivity index (χ4v) is 4.04. The summed E-state index contributed by atoms with van der Waals surface area (Å²) in [6, 6.07) is 0.137. The number of methoxy groups -OCH3 is 1. The molecule has 7 heteroatoms. The number of carbonyl (C=O) groups excluding carboxylic acids is 2. The lowest BCUT2D eigenvalue weighted by atomic mass is 9.85. The van der Waals surface area contributed by atoms with Crippen LogP contribution in [0.2, 0.25) is 0 Å². The summed E-state index contributed by atoms with van der Waals surface area (Å²) < 4.78 is 4.99. The summed E-state index contributed by atoms with van der Waals surface area (Å²) in [5.41, 5.74) is 0. The Labute approximate surface area is 143 Å². The largest absolute Gasteiger partial charge is 0.383 e. The van der Waals surface area contributed by atoms with Crippen LogP contribution in [0, 0.1) is 5.92 Å². The summed E-state index contributed by atoms with van der Waals surface area (Å²) in [5.74, 6) is 2.60. The lowest BCUT2D eigenvalue weighted by Gasteiger charge is -2.34. The Bertz CT molecular complexity index is 394. The summed E-state index contributed by atoms with van der Waals surface area (Å²) in [5, 5.41) is 3.07. The molecule has 0 bridgehead atoms. The zero-order valence-corrected chi connectivity index (χ0v) is 15.1. The molecule has 1 aliphatic heterocycles. The third kappa shape index (κ3) is 5.57. The summed E-state index contributed by atoms with van der Waals surface area (Å²) in [4.78, 5) is 28.2. The van der Waals surface area contributed by atoms with E-state index in [1.54, 1.807) is 19.1 Å². The van der Waals surface area contributed by atoms with Gasteiger partial charge in [0.05, 0.1) is 6.61 Å². The van der Waals surface area contributed by atoms with Gasteiger partial charge in [0.15, 0.2) is 0 Å². The maximum absolute atomic E-state index is 12.5. The van der Waals surface area contributed by atoms with Gasteiger partial charge in [-0.2, -0.15) is 11.8 Å². The summed E-state index contributed by atoms with van der Waals surface area (Å²) >= 11 is 1.92. The third-order valence-electron chi connectivity index (χ3n) is 4.70. The Kier molecular flexibility index (Phi) is 7.49. The predicted octanol–water partition coefficient (Wildman–Crippen LogP) is 1.41. The van der Waals surface area contributed by atoms with Gasteiger partial charge >= 0.3 is 6.03 Å². The maximum atomic E-state index is 12.5. The van der Waals surface area contributed by atoms with Gasteiger partial charge in [0.2, 0.25) is 5.91 Å². The van der Waals surface area contributed by atoms with E-state index in [2.05, 4.69) is 5.32 Å². The Balaban J connectivity index is 1.70. The van der Waals surface area contributed by atoms with E-state index >= 15 is 0 Å². The third-order valence-corrected chi connectivity index (χ3v) is 5.65. The molecule has 0 unspecified atom stereocenters. The van der Waals surface area contributed by atoms with E-state index in [4.69, 9.17) is 4.74 Å². The zero-order valence-electron chi connectivity index (χ0n) is 14.3. The molecule has 23 heavy (non-hydrogen) atoms. The van der Waals surface area contributed by atoms with Gasteiger partial charge in [0.1, 0.15) is 0 Å². The Morgan fingerprint density at radius 1 is 1.22 bits per heavy atom. The highest BCUT2D eigenvalue weighted by molar-refractivity contribution is 7.99. The van der Waals surface area contributed by atoms with Gasteiger partial charge in [-0.3, -0.25) is 4.79 Å². The molecule has 2 aliphatic rings. The van der Waals surface area contributed by atoms with Gasteiger partial charge in [-0.25, -0.2) is 4.79 Å². The molecule has 6 nitrogen and oxygen atoms in total. The molecular weight excluding hydrogens is 314 g/mol. The van der Waals surface area contributed by atoms with Crippen LogP contribution in [0.1, 0.15) is 25.7 Å². The number of ether oxygens (including phenoxy) is 1. The van der Waals surface area contributed by atoms with Crippen molar-refractivity contribution in [3.63, 3.8) is 0 Å². The van der Waals surface area contributed by atoms with Crippen LogP contribution in [0.25, 0.3) is 0 Å². The molecule has 2 rings (SSSR count). The molecule has 0 aromatic rings. The van der Waals surface area contributed by atoms with Crippen LogP contribution in [0.4, 0.5) is 4.79 Å². The van der Waals surface area contributed by atoms with Crippen molar-refractivity contribution in [2.75, 3.05) is 51.9 Å². The number of thioether (sulfide) groups is 1. The number of carbonyl (C=O) groups is 2. The predicted molar refractivity (Wildman–Crippen MR) is 92.7 cm³/mol. The lowest BCUT2D eigenvalue weighted by Crippen LogP contribution is -2.47. The quantitative estimate of drug-likeness (QED) is 0.820. The van der Waals surface area contributed by atoms with E-state index in [-0.39, 0.29) is 18.0 Å². The minimum absolute atomic E-state index is 0.0510. The number of likely N-dealkylation sites (N-methyl/N-ethyl adjacent to an activating group) is 1. The van der Waals surface area contributed by atoms with Crippen molar-refractivity contribution in [3.8, 4) is 0 Å². The molecule has 1 aliphatic carbocycles. The Hall–Kier alpha value is -0.950. The van der Waals surface area contributed by atoms with Gasteiger partial charge in [-0.1, -0.05) is 0 Å². The van der Waals surface area contributed by atoms with E-state index in [0.717, 1.165) is 50.3 Å². The fraction of sp³-hybridized carbons (Fsp3) is 0.875. The molecule has 1 heterocycles. The van der Waals surface area contributed by atoms with Gasteiger partial charge in [-0.05, 0) is 25.7 Å². The minimum atomic E-state index is -0.0510. The first-order chi connectivity index (χ1) is 11.1. The first-order valence-corrected chi connectivity index (χ1v) is 9.64. The van der Waals surface area contributed by atoms with Crippen LogP contribution in [0.15, 0.2) is 0 Å². The molecule has 2 fully saturated rings. The normalized spacial score (nSPS) is 25.0. The highest BCUT2D eigenvalue weighted by atomic mass is 32.2. The van der Waals surface area contributed by atoms with E-state index < -0.39 is 0 Å². The molecule has 0 atom stereocenters. The second-order valence-corrected chi connectivity index (χ2v) is 7.57. The second kappa shape index (κ2) is 9.37. The number of hydrogen-bond donors (Lipinski definition) is 1. The number of urea groups is 1. The minimum Gasteiger partial charge on any atom is -0.383 e.